The number of hydrogen-bond donors (Lipinski definition) is 0. The third kappa shape index (κ3) is 28.3. The van der Waals surface area contributed by atoms with Crippen LogP contribution >= 0.6 is 0 Å². The van der Waals surface area contributed by atoms with E-state index < -0.39 is 0 Å². The molecular formula is C31H57NO. The van der Waals surface area contributed by atoms with Gasteiger partial charge in [0, 0.05) is 19.2 Å². The van der Waals surface area contributed by atoms with Crippen LogP contribution in [-0.2, 0) is 4.79 Å². The van der Waals surface area contributed by atoms with Gasteiger partial charge in [-0.2, -0.15) is 0 Å². The maximum atomic E-state index is 10.4. The van der Waals surface area contributed by atoms with E-state index in [-0.39, 0.29) is 0 Å². The lowest BCUT2D eigenvalue weighted by Crippen LogP contribution is -2.18. The molecule has 0 saturated heterocycles. The van der Waals surface area contributed by atoms with Gasteiger partial charge < -0.3 is 0 Å². The van der Waals surface area contributed by atoms with Gasteiger partial charge in [0.2, 0.25) is 0 Å². The van der Waals surface area contributed by atoms with Crippen molar-refractivity contribution in [2.24, 2.45) is 16.8 Å². The molecule has 0 aromatic rings. The summed E-state index contributed by atoms with van der Waals surface area (Å²) in [5.74, 6) is 1.69. The smallest absolute Gasteiger partial charge is 0.132 e. The van der Waals surface area contributed by atoms with Gasteiger partial charge >= 0.3 is 0 Å². The van der Waals surface area contributed by atoms with Crippen molar-refractivity contribution in [1.29, 1.82) is 0 Å². The van der Waals surface area contributed by atoms with Crippen LogP contribution in [0.3, 0.4) is 0 Å². The summed E-state index contributed by atoms with van der Waals surface area (Å²) in [4.78, 5) is 14.3. The highest BCUT2D eigenvalue weighted by atomic mass is 16.1. The van der Waals surface area contributed by atoms with Gasteiger partial charge in [-0.25, -0.2) is 0 Å². The Morgan fingerprint density at radius 1 is 0.909 bits per heavy atom. The van der Waals surface area contributed by atoms with Crippen molar-refractivity contribution in [3.63, 3.8) is 0 Å². The molecular weight excluding hydrogens is 402 g/mol. The van der Waals surface area contributed by atoms with Gasteiger partial charge in [0.05, 0.1) is 0 Å². The minimum Gasteiger partial charge on any atom is -0.300 e. The molecule has 0 aromatic heterocycles. The van der Waals surface area contributed by atoms with Gasteiger partial charge in [-0.3, -0.25) is 9.79 Å². The van der Waals surface area contributed by atoms with E-state index in [0.717, 1.165) is 25.2 Å². The predicted molar refractivity (Wildman–Crippen MR) is 153 cm³/mol. The molecule has 2 heteroatoms. The summed E-state index contributed by atoms with van der Waals surface area (Å²) < 4.78 is 0. The maximum Gasteiger partial charge on any atom is 0.132 e. The average molecular weight is 460 g/mol. The molecule has 0 amide bonds. The van der Waals surface area contributed by atoms with Crippen molar-refractivity contribution in [1.82, 2.24) is 0 Å². The van der Waals surface area contributed by atoms with Gasteiger partial charge in [-0.05, 0) is 90.7 Å². The maximum absolute atomic E-state index is 10.4. The largest absolute Gasteiger partial charge is 0.300 e. The summed E-state index contributed by atoms with van der Waals surface area (Å²) in [7, 11) is 1.78. The van der Waals surface area contributed by atoms with Crippen molar-refractivity contribution >= 4 is 12.0 Å². The summed E-state index contributed by atoms with van der Waals surface area (Å²) in [6.07, 6.45) is 17.7. The molecule has 2 aliphatic rings. The van der Waals surface area contributed by atoms with E-state index in [0.29, 0.717) is 11.7 Å². The second-order valence-electron chi connectivity index (χ2n) is 9.34. The molecule has 0 heterocycles. The molecule has 0 aromatic carbocycles. The third-order valence-electron chi connectivity index (χ3n) is 5.07. The molecule has 0 radical (unpaired) electrons. The Morgan fingerprint density at radius 3 is 1.52 bits per heavy atom. The first-order chi connectivity index (χ1) is 15.5. The fourth-order valence-corrected chi connectivity index (χ4v) is 2.97. The van der Waals surface area contributed by atoms with Crippen LogP contribution < -0.4 is 0 Å². The summed E-state index contributed by atoms with van der Waals surface area (Å²) in [5, 5.41) is 0. The van der Waals surface area contributed by atoms with E-state index in [1.807, 2.05) is 20.1 Å². The predicted octanol–water partition coefficient (Wildman–Crippen LogP) is 10.1. The average Bonchev–Trinajstić information content (AvgIpc) is 3.47. The Morgan fingerprint density at radius 2 is 1.39 bits per heavy atom. The number of Topliss-reactive ketones (excluding diaryl/α,β-unsaturated/α-hetero) is 1. The number of aliphatic imine (C=N–C) groups is 1. The van der Waals surface area contributed by atoms with Gasteiger partial charge in [-0.15, -0.1) is 6.58 Å². The standard InChI is InChI=1S/C9H14.C7H13N.C6H10O.C5H12.C4H8/c1-4-9(7(2)3)8-5-6-8;1-4-5-7(2)6-8-3;1-5(7)6-3-2-4-6;1-3-5-4-2;1-4(2)3/h4,8H,2,5-6H2,1,3H3;5-6H,4H2,1-3H3;6H,2-4H2,1H3;3-5H2,1-2H3;1H2,2-3H3/b9-4+;7-5-,8-6?;;;. The zero-order valence-corrected chi connectivity index (χ0v) is 24.0. The van der Waals surface area contributed by atoms with Crippen molar-refractivity contribution in [2.45, 2.75) is 120 Å². The minimum absolute atomic E-state index is 0.381. The first-order valence-electron chi connectivity index (χ1n) is 13.0. The van der Waals surface area contributed by atoms with Gasteiger partial charge in [0.15, 0.2) is 0 Å². The highest BCUT2D eigenvalue weighted by Gasteiger charge is 2.25. The van der Waals surface area contributed by atoms with Crippen LogP contribution in [0.15, 0.2) is 52.6 Å². The normalized spacial score (nSPS) is 15.2. The third-order valence-corrected chi connectivity index (χ3v) is 5.07. The van der Waals surface area contributed by atoms with E-state index in [1.54, 1.807) is 14.0 Å². The second kappa shape index (κ2) is 24.9. The molecule has 0 bridgehead atoms. The SMILES string of the molecule is C=C(C)/C(=C\C)C1CC1.C=C(C)C.CC(=O)C1CCC1.CC/C=C(/C)C=NC.CCCCC. The molecule has 2 fully saturated rings. The Kier molecular flexibility index (Phi) is 27.1. The number of ketones is 1. The molecule has 0 unspecified atom stereocenters. The molecule has 2 nitrogen and oxygen atoms in total. The molecule has 0 aliphatic heterocycles. The van der Waals surface area contributed by atoms with Crippen molar-refractivity contribution in [2.75, 3.05) is 7.05 Å². The summed E-state index contributed by atoms with van der Waals surface area (Å²) in [6.45, 7) is 25.9. The minimum atomic E-state index is 0.381. The van der Waals surface area contributed by atoms with Crippen LogP contribution in [0, 0.1) is 11.8 Å². The molecule has 0 atom stereocenters. The summed E-state index contributed by atoms with van der Waals surface area (Å²) in [5.41, 5.74) is 5.14. The molecule has 0 spiro atoms. The Balaban J connectivity index is -0.000000351. The van der Waals surface area contributed by atoms with Crippen molar-refractivity contribution < 1.29 is 4.79 Å². The molecule has 2 saturated carbocycles. The fraction of sp³-hybridized carbons (Fsp3) is 0.677. The first-order valence-corrected chi connectivity index (χ1v) is 13.0. The van der Waals surface area contributed by atoms with Crippen LogP contribution in [-0.4, -0.2) is 19.0 Å². The lowest BCUT2D eigenvalue weighted by atomic mass is 9.83. The molecule has 2 aliphatic carbocycles. The van der Waals surface area contributed by atoms with Gasteiger partial charge in [0.1, 0.15) is 5.78 Å². The van der Waals surface area contributed by atoms with Crippen molar-refractivity contribution in [3.05, 3.63) is 47.6 Å². The second-order valence-corrected chi connectivity index (χ2v) is 9.34. The summed E-state index contributed by atoms with van der Waals surface area (Å²) >= 11 is 0. The molecule has 192 valence electrons. The zero-order chi connectivity index (χ0) is 26.2. The molecule has 33 heavy (non-hydrogen) atoms. The Labute approximate surface area is 208 Å². The number of unbranched alkanes of at least 4 members (excludes halogenated alkanes) is 2. The zero-order valence-electron chi connectivity index (χ0n) is 24.0. The molecule has 2 rings (SSSR count). The van der Waals surface area contributed by atoms with E-state index in [4.69, 9.17) is 0 Å². The Hall–Kier alpha value is -1.70. The van der Waals surface area contributed by atoms with Crippen LogP contribution in [0.2, 0.25) is 0 Å². The molecule has 0 N–H and O–H groups in total. The van der Waals surface area contributed by atoms with Gasteiger partial charge in [0.25, 0.3) is 0 Å². The monoisotopic (exact) mass is 459 g/mol. The van der Waals surface area contributed by atoms with E-state index in [2.05, 4.69) is 71.8 Å². The van der Waals surface area contributed by atoms with Crippen LogP contribution in [0.4, 0.5) is 0 Å². The van der Waals surface area contributed by atoms with Crippen LogP contribution in [0.5, 0.6) is 0 Å². The topological polar surface area (TPSA) is 29.4 Å². The number of carbonyl (C=O) groups is 1. The Bertz CT molecular complexity index is 592. The van der Waals surface area contributed by atoms with E-state index in [1.165, 1.54) is 60.8 Å². The number of rotatable bonds is 7. The van der Waals surface area contributed by atoms with Crippen LogP contribution in [0.1, 0.15) is 120 Å². The fourth-order valence-electron chi connectivity index (χ4n) is 2.97. The lowest BCUT2D eigenvalue weighted by molar-refractivity contribution is -0.122. The quantitative estimate of drug-likeness (QED) is 0.211. The summed E-state index contributed by atoms with van der Waals surface area (Å²) in [6, 6.07) is 0. The number of nitrogens with zero attached hydrogens (tertiary/aromatic N) is 1. The lowest BCUT2D eigenvalue weighted by Gasteiger charge is -2.21. The first kappa shape index (κ1) is 35.9. The number of carbonyl (C=O) groups excluding carboxylic acids is 1. The van der Waals surface area contributed by atoms with Crippen LogP contribution in [0.25, 0.3) is 0 Å². The van der Waals surface area contributed by atoms with E-state index >= 15 is 0 Å². The van der Waals surface area contributed by atoms with Gasteiger partial charge in [-0.1, -0.05) is 76.3 Å². The van der Waals surface area contributed by atoms with E-state index in [9.17, 15) is 4.79 Å². The number of allylic oxidation sites excluding steroid dienone is 6. The van der Waals surface area contributed by atoms with Crippen molar-refractivity contribution in [3.8, 4) is 0 Å². The number of hydrogen-bond acceptors (Lipinski definition) is 2. The highest BCUT2D eigenvalue weighted by molar-refractivity contribution is 5.79. The highest BCUT2D eigenvalue weighted by Crippen LogP contribution is 2.39.